The second-order valence-electron chi connectivity index (χ2n) is 5.33. The standard InChI is InChI=1S/C16H22N2O2/c1-13-11-18(12-14(2)20-13)8-5-9-19-16-7-4-3-6-15(16)10-17/h3-4,6-7,13-14H,5,8-9,11-12H2,1-2H3/t13-,14-/m1/s1. The molecule has 2 rings (SSSR count). The number of para-hydroxylation sites is 1. The average Bonchev–Trinajstić information content (AvgIpc) is 2.43. The van der Waals surface area contributed by atoms with E-state index < -0.39 is 0 Å². The lowest BCUT2D eigenvalue weighted by molar-refractivity contribution is -0.0686. The number of rotatable bonds is 5. The van der Waals surface area contributed by atoms with Crippen molar-refractivity contribution in [3.05, 3.63) is 29.8 Å². The fourth-order valence-electron chi connectivity index (χ4n) is 2.62. The van der Waals surface area contributed by atoms with Gasteiger partial charge in [0.1, 0.15) is 11.8 Å². The molecule has 0 saturated carbocycles. The normalized spacial score (nSPS) is 23.2. The molecular weight excluding hydrogens is 252 g/mol. The molecule has 0 amide bonds. The minimum atomic E-state index is 0.305. The van der Waals surface area contributed by atoms with Crippen LogP contribution in [0.25, 0.3) is 0 Å². The minimum absolute atomic E-state index is 0.305. The summed E-state index contributed by atoms with van der Waals surface area (Å²) in [5, 5.41) is 8.99. The highest BCUT2D eigenvalue weighted by Crippen LogP contribution is 2.17. The molecule has 1 fully saturated rings. The fourth-order valence-corrected chi connectivity index (χ4v) is 2.62. The van der Waals surface area contributed by atoms with Crippen molar-refractivity contribution in [3.63, 3.8) is 0 Å². The lowest BCUT2D eigenvalue weighted by Gasteiger charge is -2.35. The first-order valence-electron chi connectivity index (χ1n) is 7.19. The van der Waals surface area contributed by atoms with E-state index in [1.165, 1.54) is 0 Å². The quantitative estimate of drug-likeness (QED) is 0.774. The van der Waals surface area contributed by atoms with E-state index in [-0.39, 0.29) is 0 Å². The molecule has 4 nitrogen and oxygen atoms in total. The van der Waals surface area contributed by atoms with Gasteiger partial charge in [0.25, 0.3) is 0 Å². The molecule has 0 bridgehead atoms. The maximum Gasteiger partial charge on any atom is 0.137 e. The van der Waals surface area contributed by atoms with Crippen molar-refractivity contribution in [1.29, 1.82) is 5.26 Å². The van der Waals surface area contributed by atoms with Crippen molar-refractivity contribution in [1.82, 2.24) is 4.90 Å². The lowest BCUT2D eigenvalue weighted by Crippen LogP contribution is -2.45. The summed E-state index contributed by atoms with van der Waals surface area (Å²) in [6, 6.07) is 9.51. The van der Waals surface area contributed by atoms with Gasteiger partial charge in [-0.1, -0.05) is 12.1 Å². The Labute approximate surface area is 120 Å². The Balaban J connectivity index is 1.73. The van der Waals surface area contributed by atoms with Crippen LogP contribution < -0.4 is 4.74 Å². The topological polar surface area (TPSA) is 45.5 Å². The third-order valence-electron chi connectivity index (χ3n) is 3.38. The smallest absolute Gasteiger partial charge is 0.137 e. The first-order chi connectivity index (χ1) is 9.69. The van der Waals surface area contributed by atoms with Crippen molar-refractivity contribution >= 4 is 0 Å². The molecule has 1 saturated heterocycles. The van der Waals surface area contributed by atoms with Gasteiger partial charge < -0.3 is 9.47 Å². The number of nitrogens with zero attached hydrogens (tertiary/aromatic N) is 2. The van der Waals surface area contributed by atoms with Crippen LogP contribution in [-0.4, -0.2) is 43.3 Å². The number of hydrogen-bond donors (Lipinski definition) is 0. The van der Waals surface area contributed by atoms with Gasteiger partial charge in [-0.05, 0) is 32.4 Å². The lowest BCUT2D eigenvalue weighted by atomic mass is 10.2. The third kappa shape index (κ3) is 4.22. The summed E-state index contributed by atoms with van der Waals surface area (Å²) in [7, 11) is 0. The van der Waals surface area contributed by atoms with Gasteiger partial charge in [0.05, 0.1) is 24.4 Å². The first kappa shape index (κ1) is 14.8. The molecule has 1 aromatic rings. The number of hydrogen-bond acceptors (Lipinski definition) is 4. The zero-order chi connectivity index (χ0) is 14.4. The van der Waals surface area contributed by atoms with Crippen molar-refractivity contribution in [2.75, 3.05) is 26.2 Å². The molecule has 1 aliphatic heterocycles. The van der Waals surface area contributed by atoms with Gasteiger partial charge in [-0.25, -0.2) is 0 Å². The van der Waals surface area contributed by atoms with Gasteiger partial charge in [0, 0.05) is 19.6 Å². The molecule has 0 aromatic heterocycles. The third-order valence-corrected chi connectivity index (χ3v) is 3.38. The SMILES string of the molecule is C[C@@H]1CN(CCCOc2ccccc2C#N)C[C@@H](C)O1. The average molecular weight is 274 g/mol. The molecule has 1 aliphatic rings. The Hall–Kier alpha value is -1.57. The molecule has 0 aliphatic carbocycles. The number of nitriles is 1. The van der Waals surface area contributed by atoms with Crippen molar-refractivity contribution in [3.8, 4) is 11.8 Å². The molecule has 0 N–H and O–H groups in total. The Morgan fingerprint density at radius 2 is 2.00 bits per heavy atom. The van der Waals surface area contributed by atoms with E-state index in [0.717, 1.165) is 26.1 Å². The molecule has 0 unspecified atom stereocenters. The van der Waals surface area contributed by atoms with Gasteiger partial charge in [-0.2, -0.15) is 5.26 Å². The van der Waals surface area contributed by atoms with Crippen LogP contribution in [0.2, 0.25) is 0 Å². The largest absolute Gasteiger partial charge is 0.492 e. The predicted molar refractivity (Wildman–Crippen MR) is 77.7 cm³/mol. The predicted octanol–water partition coefficient (Wildman–Crippen LogP) is 2.44. The van der Waals surface area contributed by atoms with E-state index in [1.807, 2.05) is 18.2 Å². The van der Waals surface area contributed by atoms with Crippen LogP contribution in [0.3, 0.4) is 0 Å². The van der Waals surface area contributed by atoms with Crippen LogP contribution in [-0.2, 0) is 4.74 Å². The molecule has 2 atom stereocenters. The Kier molecular flexibility index (Phi) is 5.40. The summed E-state index contributed by atoms with van der Waals surface area (Å²) in [5.41, 5.74) is 0.598. The highest BCUT2D eigenvalue weighted by molar-refractivity contribution is 5.42. The Bertz CT molecular complexity index is 460. The molecule has 0 spiro atoms. The van der Waals surface area contributed by atoms with Crippen molar-refractivity contribution < 1.29 is 9.47 Å². The van der Waals surface area contributed by atoms with Gasteiger partial charge in [0.2, 0.25) is 0 Å². The Morgan fingerprint density at radius 3 is 2.70 bits per heavy atom. The number of ether oxygens (including phenoxy) is 2. The molecule has 20 heavy (non-hydrogen) atoms. The zero-order valence-corrected chi connectivity index (χ0v) is 12.2. The summed E-state index contributed by atoms with van der Waals surface area (Å²) in [5.74, 6) is 0.679. The second kappa shape index (κ2) is 7.28. The summed E-state index contributed by atoms with van der Waals surface area (Å²) in [4.78, 5) is 2.42. The summed E-state index contributed by atoms with van der Waals surface area (Å²) < 4.78 is 11.4. The summed E-state index contributed by atoms with van der Waals surface area (Å²) in [6.07, 6.45) is 1.57. The molecular formula is C16H22N2O2. The maximum atomic E-state index is 8.99. The summed E-state index contributed by atoms with van der Waals surface area (Å²) in [6.45, 7) is 7.84. The number of benzene rings is 1. The van der Waals surface area contributed by atoms with Crippen LogP contribution in [0.4, 0.5) is 0 Å². The highest BCUT2D eigenvalue weighted by atomic mass is 16.5. The minimum Gasteiger partial charge on any atom is -0.492 e. The van der Waals surface area contributed by atoms with Crippen molar-refractivity contribution in [2.45, 2.75) is 32.5 Å². The van der Waals surface area contributed by atoms with E-state index >= 15 is 0 Å². The van der Waals surface area contributed by atoms with Gasteiger partial charge in [0.15, 0.2) is 0 Å². The molecule has 4 heteroatoms. The van der Waals surface area contributed by atoms with Gasteiger partial charge >= 0.3 is 0 Å². The molecule has 1 aromatic carbocycles. The van der Waals surface area contributed by atoms with Crippen LogP contribution in [0.5, 0.6) is 5.75 Å². The Morgan fingerprint density at radius 1 is 1.30 bits per heavy atom. The van der Waals surface area contributed by atoms with E-state index in [9.17, 15) is 0 Å². The fraction of sp³-hybridized carbons (Fsp3) is 0.562. The zero-order valence-electron chi connectivity index (χ0n) is 12.2. The number of morpholine rings is 1. The van der Waals surface area contributed by atoms with E-state index in [0.29, 0.717) is 30.1 Å². The first-order valence-corrected chi connectivity index (χ1v) is 7.19. The van der Waals surface area contributed by atoms with Crippen molar-refractivity contribution in [2.24, 2.45) is 0 Å². The van der Waals surface area contributed by atoms with Crippen LogP contribution in [0.15, 0.2) is 24.3 Å². The van der Waals surface area contributed by atoms with Crippen LogP contribution in [0.1, 0.15) is 25.8 Å². The van der Waals surface area contributed by atoms with Crippen LogP contribution >= 0.6 is 0 Å². The maximum absolute atomic E-state index is 8.99. The second-order valence-corrected chi connectivity index (χ2v) is 5.33. The van der Waals surface area contributed by atoms with E-state index in [1.54, 1.807) is 6.07 Å². The van der Waals surface area contributed by atoms with Gasteiger partial charge in [-0.3, -0.25) is 4.90 Å². The molecule has 108 valence electrons. The van der Waals surface area contributed by atoms with E-state index in [4.69, 9.17) is 14.7 Å². The van der Waals surface area contributed by atoms with Crippen LogP contribution in [0, 0.1) is 11.3 Å². The molecule has 0 radical (unpaired) electrons. The molecule has 1 heterocycles. The summed E-state index contributed by atoms with van der Waals surface area (Å²) >= 11 is 0. The monoisotopic (exact) mass is 274 g/mol. The van der Waals surface area contributed by atoms with E-state index in [2.05, 4.69) is 24.8 Å². The highest BCUT2D eigenvalue weighted by Gasteiger charge is 2.21. The van der Waals surface area contributed by atoms with Gasteiger partial charge in [-0.15, -0.1) is 0 Å².